The Morgan fingerprint density at radius 2 is 1.76 bits per heavy atom. The second-order valence-corrected chi connectivity index (χ2v) is 4.63. The fourth-order valence-corrected chi connectivity index (χ4v) is 1.20. The molecule has 0 rings (SSSR count). The summed E-state index contributed by atoms with van der Waals surface area (Å²) in [6.07, 6.45) is 0.481. The molecule has 17 heavy (non-hydrogen) atoms. The second kappa shape index (κ2) is 10.5. The lowest BCUT2D eigenvalue weighted by molar-refractivity contribution is -0.118. The Bertz CT molecular complexity index is 289. The van der Waals surface area contributed by atoms with Gasteiger partial charge in [-0.25, -0.2) is 4.21 Å². The van der Waals surface area contributed by atoms with Crippen LogP contribution in [0.1, 0.15) is 28.5 Å². The summed E-state index contributed by atoms with van der Waals surface area (Å²) in [6, 6.07) is -1.08. The molecule has 0 aliphatic carbocycles. The van der Waals surface area contributed by atoms with Crippen molar-refractivity contribution in [2.24, 2.45) is 11.5 Å². The molecule has 0 radical (unpaired) electrons. The molecule has 0 saturated carbocycles. The molecule has 3 atom stereocenters. The van der Waals surface area contributed by atoms with Gasteiger partial charge in [0, 0.05) is 1.37 Å². The van der Waals surface area contributed by atoms with Crippen molar-refractivity contribution >= 4 is 22.6 Å². The second-order valence-electron chi connectivity index (χ2n) is 3.36. The quantitative estimate of drug-likeness (QED) is 0.672. The lowest BCUT2D eigenvalue weighted by Gasteiger charge is -2.04. The van der Waals surface area contributed by atoms with Crippen molar-refractivity contribution in [1.29, 1.82) is 0 Å². The van der Waals surface area contributed by atoms with Crippen LogP contribution < -0.4 is 11.5 Å². The number of rotatable bonds is 6. The molecule has 102 valence electrons. The minimum Gasteiger partial charge on any atom is -0.322 e. The summed E-state index contributed by atoms with van der Waals surface area (Å²) in [6.45, 7) is 3.04. The zero-order chi connectivity index (χ0) is 14.7. The molecule has 0 spiro atoms. The van der Waals surface area contributed by atoms with Crippen molar-refractivity contribution in [3.8, 4) is 0 Å². The summed E-state index contributed by atoms with van der Waals surface area (Å²) in [5.41, 5.74) is 10.5. The molecule has 0 fully saturated rings. The van der Waals surface area contributed by atoms with Gasteiger partial charge in [-0.15, -0.1) is 0 Å². The Morgan fingerprint density at radius 3 is 2.00 bits per heavy atom. The number of Topliss-reactive ketones (excluding diaryl/α,β-unsaturated/α-hetero) is 2. The van der Waals surface area contributed by atoms with Crippen LogP contribution in [0.15, 0.2) is 0 Å². The fraction of sp³-hybridized carbons (Fsp3) is 0.800. The minimum atomic E-state index is -1.42. The fourth-order valence-electron chi connectivity index (χ4n) is 0.535. The van der Waals surface area contributed by atoms with Crippen molar-refractivity contribution < 1.29 is 19.4 Å². The van der Waals surface area contributed by atoms with Crippen LogP contribution in [0.25, 0.3) is 0 Å². The molecule has 0 aromatic carbocycles. The third kappa shape index (κ3) is 11.6. The van der Waals surface area contributed by atoms with E-state index in [0.29, 0.717) is 6.42 Å². The van der Waals surface area contributed by atoms with Crippen molar-refractivity contribution in [2.75, 3.05) is 12.9 Å². The van der Waals surface area contributed by atoms with Crippen LogP contribution in [0, 0.1) is 0 Å². The van der Waals surface area contributed by atoms with Crippen LogP contribution >= 0.6 is 0 Å². The van der Waals surface area contributed by atoms with E-state index >= 15 is 0 Å². The Labute approximate surface area is 106 Å². The van der Waals surface area contributed by atoms with Crippen LogP contribution in [-0.2, 0) is 24.9 Å². The number of hydrogen-bond acceptors (Lipinski definition) is 6. The molecule has 0 heterocycles. The monoisotopic (exact) mass is 267 g/mol. The Hall–Kier alpha value is -0.630. The molecule has 0 saturated heterocycles. The molecule has 7 heteroatoms. The zero-order valence-electron chi connectivity index (χ0n) is 11.5. The first-order chi connectivity index (χ1) is 8.26. The largest absolute Gasteiger partial charge is 0.322 e. The van der Waals surface area contributed by atoms with E-state index < -0.39 is 23.2 Å². The van der Waals surface area contributed by atoms with Crippen LogP contribution in [0.4, 0.5) is 0 Å². The molecule has 0 amide bonds. The van der Waals surface area contributed by atoms with Crippen molar-refractivity contribution in [3.63, 3.8) is 0 Å². The standard InChI is InChI=1S/C5H11NO3S.C5H11NO/c1-4(7)5(6)3-10(8)9-2;1-3-5(6)4(2)7/h5H,3,6H2,1-2H3;5H,3,6H2,1-2H3/i;1D. The maximum absolute atomic E-state index is 10.6. The summed E-state index contributed by atoms with van der Waals surface area (Å²) in [7, 11) is 1.31. The lowest BCUT2D eigenvalue weighted by atomic mass is 10.2. The van der Waals surface area contributed by atoms with E-state index in [9.17, 15) is 13.8 Å². The summed E-state index contributed by atoms with van der Waals surface area (Å²) in [4.78, 5) is 20.8. The first-order valence-electron chi connectivity index (χ1n) is 5.71. The van der Waals surface area contributed by atoms with Crippen molar-refractivity contribution in [2.45, 2.75) is 39.3 Å². The van der Waals surface area contributed by atoms with Gasteiger partial charge in [-0.2, -0.15) is 0 Å². The average molecular weight is 267 g/mol. The predicted molar refractivity (Wildman–Crippen MR) is 67.6 cm³/mol. The van der Waals surface area contributed by atoms with Crippen molar-refractivity contribution in [1.82, 2.24) is 0 Å². The predicted octanol–water partition coefficient (Wildman–Crippen LogP) is -0.474. The van der Waals surface area contributed by atoms with Crippen LogP contribution in [-0.4, -0.2) is 40.7 Å². The van der Waals surface area contributed by atoms with Gasteiger partial charge in [-0.1, -0.05) is 6.90 Å². The highest BCUT2D eigenvalue weighted by atomic mass is 32.2. The summed E-state index contributed by atoms with van der Waals surface area (Å²) in [5.74, 6) is -0.131. The average Bonchev–Trinajstić information content (AvgIpc) is 2.29. The molecule has 0 aliphatic rings. The summed E-state index contributed by atoms with van der Waals surface area (Å²) < 4.78 is 21.7. The van der Waals surface area contributed by atoms with Crippen LogP contribution in [0.3, 0.4) is 0 Å². The Kier molecular flexibility index (Phi) is 10.1. The highest BCUT2D eigenvalue weighted by Crippen LogP contribution is 1.88. The number of nitrogens with two attached hydrogens (primary N) is 2. The molecular formula is C10H22N2O4S. The van der Waals surface area contributed by atoms with Crippen LogP contribution in [0.2, 0.25) is 0 Å². The smallest absolute Gasteiger partial charge is 0.157 e. The van der Waals surface area contributed by atoms with Gasteiger partial charge < -0.3 is 11.5 Å². The number of carbonyl (C=O) groups is 2. The van der Waals surface area contributed by atoms with E-state index in [1.54, 1.807) is 0 Å². The van der Waals surface area contributed by atoms with Crippen molar-refractivity contribution in [3.05, 3.63) is 0 Å². The van der Waals surface area contributed by atoms with Gasteiger partial charge in [0.15, 0.2) is 11.1 Å². The van der Waals surface area contributed by atoms with Gasteiger partial charge in [0.25, 0.3) is 0 Å². The van der Waals surface area contributed by atoms with E-state index in [1.807, 2.05) is 0 Å². The Balaban J connectivity index is 0. The first-order valence-corrected chi connectivity index (χ1v) is 6.24. The molecule has 4 N–H and O–H groups in total. The van der Waals surface area contributed by atoms with E-state index in [-0.39, 0.29) is 24.2 Å². The van der Waals surface area contributed by atoms with E-state index in [0.717, 1.165) is 0 Å². The highest BCUT2D eigenvalue weighted by Gasteiger charge is 2.11. The lowest BCUT2D eigenvalue weighted by Crippen LogP contribution is -2.34. The van der Waals surface area contributed by atoms with Gasteiger partial charge in [0.2, 0.25) is 0 Å². The maximum Gasteiger partial charge on any atom is 0.157 e. The molecule has 0 aromatic heterocycles. The third-order valence-corrected chi connectivity index (χ3v) is 2.86. The molecule has 0 bridgehead atoms. The summed E-state index contributed by atoms with van der Waals surface area (Å²) >= 11 is -1.42. The zero-order valence-corrected chi connectivity index (χ0v) is 11.3. The van der Waals surface area contributed by atoms with E-state index in [2.05, 4.69) is 4.18 Å². The minimum absolute atomic E-state index is 0.0303. The molecular weight excluding hydrogens is 244 g/mol. The molecule has 3 unspecified atom stereocenters. The molecule has 6 nitrogen and oxygen atoms in total. The molecule has 0 aliphatic heterocycles. The summed E-state index contributed by atoms with van der Waals surface area (Å²) in [5, 5.41) is 0. The topological polar surface area (TPSA) is 112 Å². The normalized spacial score (nSPS) is 15.9. The Morgan fingerprint density at radius 1 is 1.29 bits per heavy atom. The van der Waals surface area contributed by atoms with Gasteiger partial charge in [-0.05, 0) is 20.3 Å². The van der Waals surface area contributed by atoms with E-state index in [1.165, 1.54) is 21.0 Å². The maximum atomic E-state index is 10.6. The van der Waals surface area contributed by atoms with E-state index in [4.69, 9.17) is 12.8 Å². The van der Waals surface area contributed by atoms with Gasteiger partial charge in [-0.3, -0.25) is 13.8 Å². The number of carbonyl (C=O) groups excluding carboxylic acids is 2. The van der Waals surface area contributed by atoms with Gasteiger partial charge in [0.05, 0.1) is 24.9 Å². The molecule has 0 aromatic rings. The van der Waals surface area contributed by atoms with Gasteiger partial charge in [0.1, 0.15) is 11.6 Å². The SMILES string of the molecule is COS(=O)CC(N)C(C)=O.[2H]CCC(N)C(C)=O. The van der Waals surface area contributed by atoms with Gasteiger partial charge >= 0.3 is 0 Å². The highest BCUT2D eigenvalue weighted by molar-refractivity contribution is 7.80. The first kappa shape index (κ1) is 16.4. The third-order valence-electron chi connectivity index (χ3n) is 1.86. The number of hydrogen-bond donors (Lipinski definition) is 2. The number of ketones is 2. The van der Waals surface area contributed by atoms with Crippen LogP contribution in [0.5, 0.6) is 0 Å².